The van der Waals surface area contributed by atoms with E-state index < -0.39 is 0 Å². The Labute approximate surface area is 182 Å². The van der Waals surface area contributed by atoms with Gasteiger partial charge in [-0.15, -0.1) is 0 Å². The molecule has 0 aliphatic carbocycles. The smallest absolute Gasteiger partial charge is 0.252 e. The quantitative estimate of drug-likeness (QED) is 0.536. The molecule has 0 unspecified atom stereocenters. The van der Waals surface area contributed by atoms with Crippen molar-refractivity contribution in [2.24, 2.45) is 5.10 Å². The summed E-state index contributed by atoms with van der Waals surface area (Å²) in [6.07, 6.45) is 9.04. The van der Waals surface area contributed by atoms with Gasteiger partial charge < -0.3 is 19.3 Å². The topological polar surface area (TPSA) is 79.2 Å². The zero-order valence-electron chi connectivity index (χ0n) is 18.0. The molecular formula is C22H29N7O2. The van der Waals surface area contributed by atoms with Crippen molar-refractivity contribution in [3.8, 4) is 11.5 Å². The van der Waals surface area contributed by atoms with Gasteiger partial charge in [-0.2, -0.15) is 20.1 Å². The number of hydrogen-bond donors (Lipinski definition) is 0. The lowest BCUT2D eigenvalue weighted by Crippen LogP contribution is -2.35. The highest BCUT2D eigenvalue weighted by atomic mass is 16.7. The average molecular weight is 424 g/mol. The summed E-state index contributed by atoms with van der Waals surface area (Å²) >= 11 is 0. The van der Waals surface area contributed by atoms with Crippen LogP contribution >= 0.6 is 0 Å². The molecule has 2 aromatic rings. The molecule has 0 N–H and O–H groups in total. The van der Waals surface area contributed by atoms with Crippen molar-refractivity contribution in [2.75, 3.05) is 54.8 Å². The van der Waals surface area contributed by atoms with Gasteiger partial charge in [-0.05, 0) is 62.3 Å². The van der Waals surface area contributed by atoms with Crippen LogP contribution < -0.4 is 24.3 Å². The fourth-order valence-electron chi connectivity index (χ4n) is 4.16. The molecule has 9 nitrogen and oxygen atoms in total. The highest BCUT2D eigenvalue weighted by Crippen LogP contribution is 2.32. The van der Waals surface area contributed by atoms with Gasteiger partial charge in [0.15, 0.2) is 11.5 Å². The summed E-state index contributed by atoms with van der Waals surface area (Å²) in [5, 5.41) is 6.30. The molecular weight excluding hydrogens is 394 g/mol. The third-order valence-electron chi connectivity index (χ3n) is 5.94. The van der Waals surface area contributed by atoms with Gasteiger partial charge >= 0.3 is 0 Å². The van der Waals surface area contributed by atoms with Gasteiger partial charge in [-0.3, -0.25) is 0 Å². The second-order valence-corrected chi connectivity index (χ2v) is 8.21. The molecule has 3 aliphatic rings. The van der Waals surface area contributed by atoms with Crippen LogP contribution in [-0.4, -0.2) is 61.2 Å². The van der Waals surface area contributed by atoms with E-state index in [-0.39, 0.29) is 6.79 Å². The number of benzene rings is 1. The predicted octanol–water partition coefficient (Wildman–Crippen LogP) is 3.05. The number of rotatable bonds is 5. The number of hydrazone groups is 1. The number of anilines is 3. The van der Waals surface area contributed by atoms with Gasteiger partial charge in [-0.25, -0.2) is 5.01 Å². The van der Waals surface area contributed by atoms with E-state index >= 15 is 0 Å². The van der Waals surface area contributed by atoms with Gasteiger partial charge in [0.2, 0.25) is 18.7 Å². The SMILES string of the molecule is CN(/N=C/c1ccc2c(c1)OCO2)c1nc(N2CCCCC2)nc(N2CCCCC2)n1. The van der Waals surface area contributed by atoms with E-state index in [1.165, 1.54) is 38.5 Å². The van der Waals surface area contributed by atoms with Gasteiger partial charge in [0.1, 0.15) is 0 Å². The summed E-state index contributed by atoms with van der Waals surface area (Å²) in [7, 11) is 1.87. The first-order valence-electron chi connectivity index (χ1n) is 11.2. The van der Waals surface area contributed by atoms with Crippen molar-refractivity contribution in [3.05, 3.63) is 23.8 Å². The van der Waals surface area contributed by atoms with Crippen LogP contribution in [0.4, 0.5) is 17.8 Å². The number of fused-ring (bicyclic) bond motifs is 1. The van der Waals surface area contributed by atoms with Crippen molar-refractivity contribution in [2.45, 2.75) is 38.5 Å². The molecule has 0 radical (unpaired) electrons. The predicted molar refractivity (Wildman–Crippen MR) is 121 cm³/mol. The lowest BCUT2D eigenvalue weighted by atomic mass is 10.1. The third kappa shape index (κ3) is 4.50. The van der Waals surface area contributed by atoms with Crippen LogP contribution in [0.15, 0.2) is 23.3 Å². The highest BCUT2D eigenvalue weighted by Gasteiger charge is 2.21. The summed E-state index contributed by atoms with van der Waals surface area (Å²) in [4.78, 5) is 18.9. The Hall–Kier alpha value is -3.10. The van der Waals surface area contributed by atoms with Crippen LogP contribution in [0.2, 0.25) is 0 Å². The summed E-state index contributed by atoms with van der Waals surface area (Å²) in [6, 6.07) is 5.78. The first-order chi connectivity index (χ1) is 15.3. The molecule has 4 heterocycles. The number of ether oxygens (including phenoxy) is 2. The Morgan fingerprint density at radius 3 is 2.10 bits per heavy atom. The molecule has 164 valence electrons. The molecule has 0 atom stereocenters. The van der Waals surface area contributed by atoms with Gasteiger partial charge in [0, 0.05) is 33.2 Å². The van der Waals surface area contributed by atoms with Gasteiger partial charge in [0.05, 0.1) is 6.21 Å². The second-order valence-electron chi connectivity index (χ2n) is 8.21. The van der Waals surface area contributed by atoms with Crippen molar-refractivity contribution in [3.63, 3.8) is 0 Å². The van der Waals surface area contributed by atoms with Crippen molar-refractivity contribution < 1.29 is 9.47 Å². The Morgan fingerprint density at radius 1 is 0.839 bits per heavy atom. The molecule has 1 aromatic carbocycles. The van der Waals surface area contributed by atoms with Crippen LogP contribution in [0.1, 0.15) is 44.1 Å². The monoisotopic (exact) mass is 423 g/mol. The molecule has 0 spiro atoms. The first kappa shape index (κ1) is 19.8. The van der Waals surface area contributed by atoms with Crippen molar-refractivity contribution in [1.82, 2.24) is 15.0 Å². The zero-order chi connectivity index (χ0) is 21.0. The minimum atomic E-state index is 0.263. The maximum Gasteiger partial charge on any atom is 0.252 e. The van der Waals surface area contributed by atoms with E-state index in [4.69, 9.17) is 24.4 Å². The standard InChI is InChI=1S/C22H29N7O2/c1-27(23-15-17-8-9-18-19(14-17)31-16-30-18)20-24-21(28-10-4-2-5-11-28)26-22(25-20)29-12-6-3-7-13-29/h8-9,14-15H,2-7,10-13,16H2,1H3/b23-15+. The average Bonchev–Trinajstić information content (AvgIpc) is 3.31. The Balaban J connectivity index is 1.40. The summed E-state index contributed by atoms with van der Waals surface area (Å²) < 4.78 is 10.8. The zero-order valence-corrected chi connectivity index (χ0v) is 18.0. The highest BCUT2D eigenvalue weighted by molar-refractivity contribution is 5.81. The van der Waals surface area contributed by atoms with Gasteiger partial charge in [-0.1, -0.05) is 0 Å². The third-order valence-corrected chi connectivity index (χ3v) is 5.94. The van der Waals surface area contributed by atoms with E-state index in [2.05, 4.69) is 14.9 Å². The van der Waals surface area contributed by atoms with Crippen molar-refractivity contribution >= 4 is 24.1 Å². The molecule has 9 heteroatoms. The first-order valence-corrected chi connectivity index (χ1v) is 11.2. The maximum absolute atomic E-state index is 5.45. The minimum absolute atomic E-state index is 0.263. The molecule has 5 rings (SSSR count). The summed E-state index contributed by atoms with van der Waals surface area (Å²) in [5.74, 6) is 3.59. The molecule has 2 fully saturated rings. The van der Waals surface area contributed by atoms with E-state index in [0.717, 1.165) is 55.1 Å². The number of piperidine rings is 2. The number of nitrogens with zero attached hydrogens (tertiary/aromatic N) is 7. The van der Waals surface area contributed by atoms with E-state index in [9.17, 15) is 0 Å². The molecule has 2 saturated heterocycles. The lowest BCUT2D eigenvalue weighted by molar-refractivity contribution is 0.174. The molecule has 0 saturated carbocycles. The fraction of sp³-hybridized carbons (Fsp3) is 0.545. The molecule has 31 heavy (non-hydrogen) atoms. The van der Waals surface area contributed by atoms with E-state index in [1.54, 1.807) is 11.2 Å². The van der Waals surface area contributed by atoms with Gasteiger partial charge in [0.25, 0.3) is 5.95 Å². The minimum Gasteiger partial charge on any atom is -0.454 e. The normalized spacial score (nSPS) is 18.6. The van der Waals surface area contributed by atoms with E-state index in [1.807, 2.05) is 25.2 Å². The summed E-state index contributed by atoms with van der Waals surface area (Å²) in [6.45, 7) is 4.24. The molecule has 3 aliphatic heterocycles. The Morgan fingerprint density at radius 2 is 1.45 bits per heavy atom. The lowest BCUT2D eigenvalue weighted by Gasteiger charge is -2.30. The number of aromatic nitrogens is 3. The maximum atomic E-state index is 5.45. The van der Waals surface area contributed by atoms with Crippen LogP contribution in [0, 0.1) is 0 Å². The molecule has 0 amide bonds. The van der Waals surface area contributed by atoms with Crippen LogP contribution in [-0.2, 0) is 0 Å². The van der Waals surface area contributed by atoms with Crippen LogP contribution in [0.3, 0.4) is 0 Å². The van der Waals surface area contributed by atoms with E-state index in [0.29, 0.717) is 5.95 Å². The fourth-order valence-corrected chi connectivity index (χ4v) is 4.16. The summed E-state index contributed by atoms with van der Waals surface area (Å²) in [5.41, 5.74) is 0.928. The molecule has 0 bridgehead atoms. The second kappa shape index (κ2) is 8.95. The van der Waals surface area contributed by atoms with Crippen LogP contribution in [0.5, 0.6) is 11.5 Å². The molecule has 1 aromatic heterocycles. The largest absolute Gasteiger partial charge is 0.454 e. The Kier molecular flexibility index (Phi) is 5.73. The number of hydrogen-bond acceptors (Lipinski definition) is 9. The van der Waals surface area contributed by atoms with Crippen molar-refractivity contribution in [1.29, 1.82) is 0 Å². The Bertz CT molecular complexity index is 903. The van der Waals surface area contributed by atoms with Crippen LogP contribution in [0.25, 0.3) is 0 Å².